The number of aliphatic carboxylic acids is 1. The second-order valence-corrected chi connectivity index (χ2v) is 4.79. The molecule has 20 heavy (non-hydrogen) atoms. The number of hydrogen-bond acceptors (Lipinski definition) is 4. The molecule has 1 aromatic rings. The second kappa shape index (κ2) is 6.61. The highest BCUT2D eigenvalue weighted by Gasteiger charge is 2.28. The molecule has 1 atom stereocenters. The highest BCUT2D eigenvalue weighted by molar-refractivity contribution is 5.74. The van der Waals surface area contributed by atoms with E-state index in [1.807, 2.05) is 12.1 Å². The summed E-state index contributed by atoms with van der Waals surface area (Å²) in [5.41, 5.74) is 0.925. The first-order valence-electron chi connectivity index (χ1n) is 7.01. The molecule has 1 aliphatic rings. The van der Waals surface area contributed by atoms with Gasteiger partial charge in [0.15, 0.2) is 6.10 Å². The van der Waals surface area contributed by atoms with Crippen LogP contribution in [0.5, 0.6) is 11.5 Å². The average molecular weight is 279 g/mol. The summed E-state index contributed by atoms with van der Waals surface area (Å²) < 4.78 is 11.1. The van der Waals surface area contributed by atoms with Gasteiger partial charge >= 0.3 is 5.97 Å². The molecule has 0 fully saturated rings. The van der Waals surface area contributed by atoms with Crippen LogP contribution in [0.2, 0.25) is 0 Å². The SMILES string of the molecule is CCN(CC)CCOc1ccc2c(c1)OC(C(=O)O)C2. The smallest absolute Gasteiger partial charge is 0.345 e. The van der Waals surface area contributed by atoms with E-state index in [-0.39, 0.29) is 0 Å². The Kier molecular flexibility index (Phi) is 4.84. The van der Waals surface area contributed by atoms with Crippen molar-refractivity contribution in [3.05, 3.63) is 23.8 Å². The fourth-order valence-electron chi connectivity index (χ4n) is 2.27. The third-order valence-electron chi connectivity index (χ3n) is 3.56. The average Bonchev–Trinajstić information content (AvgIpc) is 2.87. The van der Waals surface area contributed by atoms with Crippen LogP contribution in [0.3, 0.4) is 0 Å². The van der Waals surface area contributed by atoms with Crippen molar-refractivity contribution in [1.82, 2.24) is 4.90 Å². The maximum atomic E-state index is 10.9. The van der Waals surface area contributed by atoms with Crippen molar-refractivity contribution in [2.45, 2.75) is 26.4 Å². The van der Waals surface area contributed by atoms with E-state index in [9.17, 15) is 4.79 Å². The Balaban J connectivity index is 1.90. The van der Waals surface area contributed by atoms with Crippen molar-refractivity contribution >= 4 is 5.97 Å². The predicted molar refractivity (Wildman–Crippen MR) is 75.5 cm³/mol. The van der Waals surface area contributed by atoms with Gasteiger partial charge in [0.1, 0.15) is 18.1 Å². The molecule has 5 nitrogen and oxygen atoms in total. The van der Waals surface area contributed by atoms with Gasteiger partial charge in [-0.05, 0) is 24.7 Å². The molecule has 1 unspecified atom stereocenters. The van der Waals surface area contributed by atoms with E-state index in [0.717, 1.165) is 30.9 Å². The van der Waals surface area contributed by atoms with Crippen LogP contribution < -0.4 is 9.47 Å². The lowest BCUT2D eigenvalue weighted by Gasteiger charge is -2.18. The van der Waals surface area contributed by atoms with E-state index in [1.165, 1.54) is 0 Å². The van der Waals surface area contributed by atoms with E-state index >= 15 is 0 Å². The molecule has 2 rings (SSSR count). The second-order valence-electron chi connectivity index (χ2n) is 4.79. The zero-order valence-corrected chi connectivity index (χ0v) is 12.0. The van der Waals surface area contributed by atoms with Crippen molar-refractivity contribution < 1.29 is 19.4 Å². The fraction of sp³-hybridized carbons (Fsp3) is 0.533. The van der Waals surface area contributed by atoms with Gasteiger partial charge in [0, 0.05) is 19.0 Å². The minimum absolute atomic E-state index is 0.421. The van der Waals surface area contributed by atoms with Crippen LogP contribution in [0.15, 0.2) is 18.2 Å². The summed E-state index contributed by atoms with van der Waals surface area (Å²) in [6.45, 7) is 7.75. The minimum Gasteiger partial charge on any atom is -0.492 e. The predicted octanol–water partition coefficient (Wildman–Crippen LogP) is 1.80. The molecule has 0 amide bonds. The molecule has 0 bridgehead atoms. The summed E-state index contributed by atoms with van der Waals surface area (Å²) in [7, 11) is 0. The summed E-state index contributed by atoms with van der Waals surface area (Å²) in [4.78, 5) is 13.2. The standard InChI is InChI=1S/C15H21NO4/c1-3-16(4-2)7-8-19-12-6-5-11-9-14(15(17)18)20-13(11)10-12/h5-6,10,14H,3-4,7-9H2,1-2H3,(H,17,18). The van der Waals surface area contributed by atoms with Crippen molar-refractivity contribution in [3.8, 4) is 11.5 Å². The number of carboxylic acid groups (broad SMARTS) is 1. The topological polar surface area (TPSA) is 59.0 Å². The zero-order valence-electron chi connectivity index (χ0n) is 12.0. The van der Waals surface area contributed by atoms with E-state index in [0.29, 0.717) is 18.8 Å². The maximum Gasteiger partial charge on any atom is 0.345 e. The molecule has 0 saturated heterocycles. The molecule has 1 aromatic carbocycles. The summed E-state index contributed by atoms with van der Waals surface area (Å²) in [6, 6.07) is 5.53. The van der Waals surface area contributed by atoms with Gasteiger partial charge in [-0.25, -0.2) is 4.79 Å². The Morgan fingerprint density at radius 2 is 2.20 bits per heavy atom. The Morgan fingerprint density at radius 1 is 1.45 bits per heavy atom. The first-order valence-corrected chi connectivity index (χ1v) is 7.01. The maximum absolute atomic E-state index is 10.9. The Hall–Kier alpha value is -1.75. The lowest BCUT2D eigenvalue weighted by molar-refractivity contribution is -0.144. The highest BCUT2D eigenvalue weighted by atomic mass is 16.5. The van der Waals surface area contributed by atoms with Crippen LogP contribution in [0.1, 0.15) is 19.4 Å². The summed E-state index contributed by atoms with van der Waals surface area (Å²) in [5.74, 6) is 0.421. The third-order valence-corrected chi connectivity index (χ3v) is 3.56. The van der Waals surface area contributed by atoms with Gasteiger partial charge in [0.25, 0.3) is 0 Å². The molecule has 5 heteroatoms. The largest absolute Gasteiger partial charge is 0.492 e. The Morgan fingerprint density at radius 3 is 2.85 bits per heavy atom. The van der Waals surface area contributed by atoms with Crippen molar-refractivity contribution in [2.24, 2.45) is 0 Å². The van der Waals surface area contributed by atoms with Crippen LogP contribution in [-0.2, 0) is 11.2 Å². The highest BCUT2D eigenvalue weighted by Crippen LogP contribution is 2.32. The molecule has 1 heterocycles. The number of ether oxygens (including phenoxy) is 2. The van der Waals surface area contributed by atoms with Crippen LogP contribution in [-0.4, -0.2) is 48.3 Å². The Labute approximate surface area is 119 Å². The van der Waals surface area contributed by atoms with Gasteiger partial charge < -0.3 is 19.5 Å². The Bertz CT molecular complexity index is 471. The first kappa shape index (κ1) is 14.7. The number of benzene rings is 1. The van der Waals surface area contributed by atoms with Crippen LogP contribution in [0, 0.1) is 0 Å². The van der Waals surface area contributed by atoms with Crippen molar-refractivity contribution in [3.63, 3.8) is 0 Å². The van der Waals surface area contributed by atoms with Crippen LogP contribution in [0.4, 0.5) is 0 Å². The number of carboxylic acids is 1. The first-order chi connectivity index (χ1) is 9.63. The van der Waals surface area contributed by atoms with Crippen LogP contribution >= 0.6 is 0 Å². The van der Waals surface area contributed by atoms with Gasteiger partial charge in [-0.1, -0.05) is 19.9 Å². The van der Waals surface area contributed by atoms with Gasteiger partial charge in [0.2, 0.25) is 0 Å². The molecule has 0 saturated carbocycles. The van der Waals surface area contributed by atoms with E-state index < -0.39 is 12.1 Å². The number of fused-ring (bicyclic) bond motifs is 1. The number of rotatable bonds is 7. The molecule has 0 radical (unpaired) electrons. The molecule has 1 N–H and O–H groups in total. The van der Waals surface area contributed by atoms with Crippen molar-refractivity contribution in [1.29, 1.82) is 0 Å². The van der Waals surface area contributed by atoms with Gasteiger partial charge in [-0.15, -0.1) is 0 Å². The number of hydrogen-bond donors (Lipinski definition) is 1. The normalized spacial score (nSPS) is 16.9. The third kappa shape index (κ3) is 3.42. The number of carbonyl (C=O) groups is 1. The number of nitrogens with zero attached hydrogens (tertiary/aromatic N) is 1. The monoisotopic (exact) mass is 279 g/mol. The molecular weight excluding hydrogens is 258 g/mol. The summed E-state index contributed by atoms with van der Waals surface area (Å²) in [5, 5.41) is 8.95. The molecule has 110 valence electrons. The van der Waals surface area contributed by atoms with E-state index in [4.69, 9.17) is 14.6 Å². The lowest BCUT2D eigenvalue weighted by atomic mass is 10.1. The lowest BCUT2D eigenvalue weighted by Crippen LogP contribution is -2.27. The molecule has 0 aromatic heterocycles. The summed E-state index contributed by atoms with van der Waals surface area (Å²) in [6.07, 6.45) is -0.347. The molecule has 0 aliphatic carbocycles. The van der Waals surface area contributed by atoms with Crippen molar-refractivity contribution in [2.75, 3.05) is 26.2 Å². The molecular formula is C15H21NO4. The quantitative estimate of drug-likeness (QED) is 0.824. The molecule has 1 aliphatic heterocycles. The summed E-state index contributed by atoms with van der Waals surface area (Å²) >= 11 is 0. The molecule has 0 spiro atoms. The fourth-order valence-corrected chi connectivity index (χ4v) is 2.27. The van der Waals surface area contributed by atoms with Crippen LogP contribution in [0.25, 0.3) is 0 Å². The van der Waals surface area contributed by atoms with Gasteiger partial charge in [0.05, 0.1) is 0 Å². The van der Waals surface area contributed by atoms with E-state index in [2.05, 4.69) is 18.7 Å². The number of likely N-dealkylation sites (N-methyl/N-ethyl adjacent to an activating group) is 1. The van der Waals surface area contributed by atoms with E-state index in [1.54, 1.807) is 6.07 Å². The zero-order chi connectivity index (χ0) is 14.5. The van der Waals surface area contributed by atoms with Gasteiger partial charge in [-0.3, -0.25) is 0 Å². The van der Waals surface area contributed by atoms with Gasteiger partial charge in [-0.2, -0.15) is 0 Å². The minimum atomic E-state index is -0.926.